The summed E-state index contributed by atoms with van der Waals surface area (Å²) in [6.07, 6.45) is -4.83. The minimum Gasteiger partial charge on any atom is -0.481 e. The van der Waals surface area contributed by atoms with E-state index in [1.807, 2.05) is 0 Å². The SMILES string of the molecule is O=C(O)CC(O)(CC(=O)O)C(=O)O.O=C(O)CC(O)C(=O)O.O=P(O)(O)O. The zero-order valence-electron chi connectivity index (χ0n) is 13.1. The fourth-order valence-electron chi connectivity index (χ4n) is 0.967. The van der Waals surface area contributed by atoms with Gasteiger partial charge in [-0.15, -0.1) is 0 Å². The molecule has 0 spiro atoms. The van der Waals surface area contributed by atoms with E-state index in [1.165, 1.54) is 0 Å². The Morgan fingerprint density at radius 2 is 1.07 bits per heavy atom. The standard InChI is InChI=1S/C6H8O7.C4H6O5.H3O4P/c7-3(8)1-6(13,5(11)12)2-4(9)10;5-2(4(8)9)1-3(6)7;1-5(2,3)4/h13H,1-2H2,(H,7,8)(H,9,10)(H,11,12);2,5H,1H2,(H,6,7)(H,8,9);(H3,1,2,3,4). The molecule has 0 radical (unpaired) electrons. The van der Waals surface area contributed by atoms with Gasteiger partial charge in [0.15, 0.2) is 11.7 Å². The van der Waals surface area contributed by atoms with Crippen molar-refractivity contribution in [2.45, 2.75) is 31.0 Å². The molecule has 27 heavy (non-hydrogen) atoms. The van der Waals surface area contributed by atoms with Crippen LogP contribution in [0.25, 0.3) is 0 Å². The number of aliphatic hydroxyl groups excluding tert-OH is 1. The van der Waals surface area contributed by atoms with Gasteiger partial charge in [-0.1, -0.05) is 0 Å². The van der Waals surface area contributed by atoms with E-state index in [-0.39, 0.29) is 0 Å². The van der Waals surface area contributed by atoms with Crippen LogP contribution in [0.2, 0.25) is 0 Å². The van der Waals surface area contributed by atoms with Gasteiger partial charge in [-0.25, -0.2) is 14.2 Å². The third kappa shape index (κ3) is 23.4. The molecule has 0 saturated heterocycles. The molecule has 1 atom stereocenters. The molecule has 0 saturated carbocycles. The number of carbonyl (C=O) groups is 5. The second kappa shape index (κ2) is 12.7. The molecule has 0 bridgehead atoms. The summed E-state index contributed by atoms with van der Waals surface area (Å²) in [5, 5.41) is 58.0. The predicted molar refractivity (Wildman–Crippen MR) is 77.2 cm³/mol. The van der Waals surface area contributed by atoms with Gasteiger partial charge in [0.05, 0.1) is 19.3 Å². The Morgan fingerprint density at radius 1 is 0.778 bits per heavy atom. The third-order valence-electron chi connectivity index (χ3n) is 1.94. The van der Waals surface area contributed by atoms with Gasteiger partial charge in [-0.2, -0.15) is 0 Å². The van der Waals surface area contributed by atoms with Gasteiger partial charge < -0.3 is 50.4 Å². The molecule has 158 valence electrons. The van der Waals surface area contributed by atoms with Gasteiger partial charge >= 0.3 is 37.7 Å². The van der Waals surface area contributed by atoms with Crippen molar-refractivity contribution in [1.82, 2.24) is 0 Å². The van der Waals surface area contributed by atoms with Gasteiger partial charge in [0.25, 0.3) is 0 Å². The molecule has 0 aromatic carbocycles. The number of phosphoric acid groups is 1. The van der Waals surface area contributed by atoms with E-state index in [2.05, 4.69) is 0 Å². The lowest BCUT2D eigenvalue weighted by atomic mass is 9.96. The Balaban J connectivity index is -0.000000356. The van der Waals surface area contributed by atoms with Crippen LogP contribution in [0.4, 0.5) is 0 Å². The van der Waals surface area contributed by atoms with Crippen LogP contribution < -0.4 is 0 Å². The number of hydrogen-bond donors (Lipinski definition) is 10. The minimum atomic E-state index is -4.64. The highest BCUT2D eigenvalue weighted by atomic mass is 31.2. The lowest BCUT2D eigenvalue weighted by molar-refractivity contribution is -0.170. The van der Waals surface area contributed by atoms with Gasteiger partial charge in [0, 0.05) is 0 Å². The number of rotatable bonds is 8. The number of aliphatic carboxylic acids is 5. The topological polar surface area (TPSA) is 305 Å². The first-order valence-corrected chi connectivity index (χ1v) is 7.68. The maximum absolute atomic E-state index is 10.3. The smallest absolute Gasteiger partial charge is 0.466 e. The molecule has 0 aromatic rings. The molecule has 0 amide bonds. The lowest BCUT2D eigenvalue weighted by Gasteiger charge is -2.18. The van der Waals surface area contributed by atoms with Crippen molar-refractivity contribution in [2.75, 3.05) is 0 Å². The van der Waals surface area contributed by atoms with E-state index in [4.69, 9.17) is 55.0 Å². The Kier molecular flexibility index (Phi) is 13.7. The lowest BCUT2D eigenvalue weighted by Crippen LogP contribution is -2.42. The van der Waals surface area contributed by atoms with Gasteiger partial charge in [-0.05, 0) is 0 Å². The zero-order chi connectivity index (χ0) is 22.6. The van der Waals surface area contributed by atoms with E-state index in [1.54, 1.807) is 0 Å². The molecule has 0 aliphatic carbocycles. The van der Waals surface area contributed by atoms with Crippen LogP contribution in [0.5, 0.6) is 0 Å². The average molecular weight is 424 g/mol. The van der Waals surface area contributed by atoms with Crippen molar-refractivity contribution in [2.24, 2.45) is 0 Å². The Labute approximate surface area is 148 Å². The monoisotopic (exact) mass is 424 g/mol. The highest BCUT2D eigenvalue weighted by Gasteiger charge is 2.40. The maximum Gasteiger partial charge on any atom is 0.466 e. The van der Waals surface area contributed by atoms with Gasteiger partial charge in [-0.3, -0.25) is 14.4 Å². The summed E-state index contributed by atoms with van der Waals surface area (Å²) in [6.45, 7) is 0. The van der Waals surface area contributed by atoms with E-state index < -0.39 is 68.6 Å². The van der Waals surface area contributed by atoms with Crippen LogP contribution in [0.3, 0.4) is 0 Å². The van der Waals surface area contributed by atoms with Crippen LogP contribution in [0.1, 0.15) is 19.3 Å². The zero-order valence-corrected chi connectivity index (χ0v) is 14.0. The van der Waals surface area contributed by atoms with Crippen molar-refractivity contribution in [3.63, 3.8) is 0 Å². The molecule has 0 aliphatic rings. The summed E-state index contributed by atoms with van der Waals surface area (Å²) in [7, 11) is -4.64. The fraction of sp³-hybridized carbons (Fsp3) is 0.500. The summed E-state index contributed by atoms with van der Waals surface area (Å²) < 4.78 is 8.88. The Hall–Kier alpha value is -2.62. The van der Waals surface area contributed by atoms with Crippen molar-refractivity contribution >= 4 is 37.7 Å². The molecule has 16 nitrogen and oxygen atoms in total. The van der Waals surface area contributed by atoms with Crippen LogP contribution in [-0.2, 0) is 28.5 Å². The van der Waals surface area contributed by atoms with Gasteiger partial charge in [0.2, 0.25) is 0 Å². The minimum absolute atomic E-state index is 0.755. The summed E-state index contributed by atoms with van der Waals surface area (Å²) in [4.78, 5) is 71.5. The first-order valence-electron chi connectivity index (χ1n) is 6.12. The van der Waals surface area contributed by atoms with Crippen LogP contribution in [-0.4, -0.2) is 92.0 Å². The van der Waals surface area contributed by atoms with E-state index in [9.17, 15) is 24.0 Å². The largest absolute Gasteiger partial charge is 0.481 e. The summed E-state index contributed by atoms with van der Waals surface area (Å²) >= 11 is 0. The molecule has 0 aromatic heterocycles. The highest BCUT2D eigenvalue weighted by molar-refractivity contribution is 7.45. The molecule has 0 aliphatic heterocycles. The normalized spacial score (nSPS) is 11.6. The second-order valence-electron chi connectivity index (χ2n) is 4.44. The van der Waals surface area contributed by atoms with Crippen molar-refractivity contribution in [1.29, 1.82) is 0 Å². The molecule has 10 N–H and O–H groups in total. The summed E-state index contributed by atoms with van der Waals surface area (Å²) in [6, 6.07) is 0. The van der Waals surface area contributed by atoms with Crippen molar-refractivity contribution in [3.8, 4) is 0 Å². The molecule has 0 fully saturated rings. The highest BCUT2D eigenvalue weighted by Crippen LogP contribution is 2.25. The number of carboxylic acid groups (broad SMARTS) is 5. The number of hydrogen-bond acceptors (Lipinski definition) is 8. The van der Waals surface area contributed by atoms with E-state index >= 15 is 0 Å². The Bertz CT molecular complexity index is 566. The number of aliphatic hydroxyl groups is 2. The molecule has 1 unspecified atom stereocenters. The van der Waals surface area contributed by atoms with E-state index in [0.29, 0.717) is 0 Å². The van der Waals surface area contributed by atoms with E-state index in [0.717, 1.165) is 0 Å². The second-order valence-corrected chi connectivity index (χ2v) is 5.47. The molecule has 0 heterocycles. The number of carboxylic acids is 5. The Morgan fingerprint density at radius 3 is 1.19 bits per heavy atom. The summed E-state index contributed by atoms with van der Waals surface area (Å²) in [5.74, 6) is -7.86. The molecular formula is C10H17O16P. The third-order valence-corrected chi connectivity index (χ3v) is 1.94. The first-order chi connectivity index (χ1) is 11.8. The molecular weight excluding hydrogens is 407 g/mol. The van der Waals surface area contributed by atoms with Gasteiger partial charge in [0.1, 0.15) is 0 Å². The van der Waals surface area contributed by atoms with Crippen LogP contribution in [0.15, 0.2) is 0 Å². The van der Waals surface area contributed by atoms with Crippen molar-refractivity contribution in [3.05, 3.63) is 0 Å². The maximum atomic E-state index is 10.3. The fourth-order valence-corrected chi connectivity index (χ4v) is 0.967. The van der Waals surface area contributed by atoms with Crippen LogP contribution in [0, 0.1) is 0 Å². The first kappa shape index (κ1) is 29.2. The van der Waals surface area contributed by atoms with Crippen LogP contribution >= 0.6 is 7.82 Å². The molecule has 17 heteroatoms. The summed E-state index contributed by atoms with van der Waals surface area (Å²) in [5.41, 5.74) is -2.74. The van der Waals surface area contributed by atoms with Crippen molar-refractivity contribution < 1.29 is 79.0 Å². The predicted octanol–water partition coefficient (Wildman–Crippen LogP) is -3.27. The molecule has 0 rings (SSSR count). The average Bonchev–Trinajstić information content (AvgIpc) is 2.33. The quantitative estimate of drug-likeness (QED) is 0.171.